The molecule has 1 heterocycles. The fourth-order valence-corrected chi connectivity index (χ4v) is 1.49. The maximum absolute atomic E-state index is 3.89. The first-order valence-electron chi connectivity index (χ1n) is 3.34. The molecular formula is C9H6NS+. The van der Waals surface area contributed by atoms with E-state index in [4.69, 9.17) is 0 Å². The Morgan fingerprint density at radius 2 is 2.00 bits per heavy atom. The normalized spacial score (nSPS) is 14.4. The Hall–Kier alpha value is -1.11. The van der Waals surface area contributed by atoms with Gasteiger partial charge >= 0.3 is 0 Å². The van der Waals surface area contributed by atoms with Crippen LogP contribution in [0.5, 0.6) is 0 Å². The van der Waals surface area contributed by atoms with E-state index in [0.717, 1.165) is 0 Å². The van der Waals surface area contributed by atoms with Crippen LogP contribution in [0.25, 0.3) is 4.91 Å². The quantitative estimate of drug-likeness (QED) is 0.575. The molecule has 11 heavy (non-hydrogen) atoms. The van der Waals surface area contributed by atoms with Crippen LogP contribution < -0.4 is 0 Å². The van der Waals surface area contributed by atoms with Crippen LogP contribution >= 0.6 is 11.8 Å². The highest BCUT2D eigenvalue weighted by Crippen LogP contribution is 2.28. The Morgan fingerprint density at radius 1 is 1.18 bits per heavy atom. The number of thioether (sulfide) groups is 1. The third-order valence-electron chi connectivity index (χ3n) is 1.45. The van der Waals surface area contributed by atoms with Crippen LogP contribution in [0, 0.1) is 0 Å². The van der Waals surface area contributed by atoms with Crippen molar-refractivity contribution >= 4 is 22.2 Å². The molecule has 0 aromatic heterocycles. The summed E-state index contributed by atoms with van der Waals surface area (Å²) in [6, 6.07) is 10.2. The second-order valence-electron chi connectivity index (χ2n) is 2.18. The summed E-state index contributed by atoms with van der Waals surface area (Å²) in [4.78, 5) is 5.06. The Labute approximate surface area is 69.8 Å². The van der Waals surface area contributed by atoms with E-state index in [1.54, 1.807) is 0 Å². The zero-order valence-corrected chi connectivity index (χ0v) is 6.64. The number of rotatable bonds is 1. The Balaban J connectivity index is 2.31. The lowest BCUT2D eigenvalue weighted by Gasteiger charge is -1.90. The van der Waals surface area contributed by atoms with Gasteiger partial charge in [0.05, 0.1) is 0 Å². The molecule has 0 saturated carbocycles. The van der Waals surface area contributed by atoms with Gasteiger partial charge in [0.1, 0.15) is 11.8 Å². The number of hydrogen-bond donors (Lipinski definition) is 0. The summed E-state index contributed by atoms with van der Waals surface area (Å²) in [5.74, 6) is 0. The lowest BCUT2D eigenvalue weighted by molar-refractivity contribution is 1.60. The van der Waals surface area contributed by atoms with Gasteiger partial charge in [-0.1, -0.05) is 30.3 Å². The lowest BCUT2D eigenvalue weighted by atomic mass is 10.2. The van der Waals surface area contributed by atoms with Crippen LogP contribution in [0.4, 0.5) is 0 Å². The van der Waals surface area contributed by atoms with Gasteiger partial charge in [0, 0.05) is 5.56 Å². The van der Waals surface area contributed by atoms with E-state index >= 15 is 0 Å². The molecule has 52 valence electrons. The van der Waals surface area contributed by atoms with Gasteiger partial charge in [-0.25, -0.2) is 0 Å². The molecule has 1 aromatic rings. The molecule has 1 nitrogen and oxygen atoms in total. The van der Waals surface area contributed by atoms with Crippen LogP contribution in [0.2, 0.25) is 0 Å². The Bertz CT molecular complexity index is 301. The molecule has 2 heteroatoms. The molecule has 0 fully saturated rings. The molecule has 0 unspecified atom stereocenters. The van der Waals surface area contributed by atoms with Gasteiger partial charge < -0.3 is 0 Å². The maximum Gasteiger partial charge on any atom is 0.272 e. The molecule has 0 aliphatic carbocycles. The summed E-state index contributed by atoms with van der Waals surface area (Å²) in [6.07, 6.45) is 1.83. The number of hydrogen-bond acceptors (Lipinski definition) is 2. The predicted molar refractivity (Wildman–Crippen MR) is 49.4 cm³/mol. The standard InChI is InChI=1S/C9H6NS/c1-2-4-8(5-3-1)9-6-10-7-11-9/h1-6H/q+1. The molecule has 0 N–H and O–H groups in total. The minimum Gasteiger partial charge on any atom is -0.0622 e. The van der Waals surface area contributed by atoms with Crippen molar-refractivity contribution in [3.8, 4) is 0 Å². The van der Waals surface area contributed by atoms with Crippen LogP contribution in [0.1, 0.15) is 5.56 Å². The van der Waals surface area contributed by atoms with Gasteiger partial charge in [-0.2, -0.15) is 0 Å². The molecule has 0 bridgehead atoms. The third kappa shape index (κ3) is 1.32. The van der Waals surface area contributed by atoms with Gasteiger partial charge in [0.15, 0.2) is 11.1 Å². The summed E-state index contributed by atoms with van der Waals surface area (Å²) >= 11 is 1.54. The second-order valence-corrected chi connectivity index (χ2v) is 3.01. The molecule has 0 saturated heterocycles. The van der Waals surface area contributed by atoms with Crippen molar-refractivity contribution in [1.29, 1.82) is 0 Å². The summed E-state index contributed by atoms with van der Waals surface area (Å²) in [5, 5.41) is 0. The van der Waals surface area contributed by atoms with Crippen molar-refractivity contribution in [2.75, 3.05) is 0 Å². The third-order valence-corrected chi connectivity index (χ3v) is 2.21. The molecule has 1 aliphatic heterocycles. The van der Waals surface area contributed by atoms with Gasteiger partial charge in [-0.3, -0.25) is 0 Å². The van der Waals surface area contributed by atoms with Crippen LogP contribution in [0.15, 0.2) is 41.5 Å². The van der Waals surface area contributed by atoms with Crippen molar-refractivity contribution in [1.82, 2.24) is 0 Å². The summed E-state index contributed by atoms with van der Waals surface area (Å²) in [5.41, 5.74) is 4.03. The smallest absolute Gasteiger partial charge is 0.0622 e. The lowest BCUT2D eigenvalue weighted by Crippen LogP contribution is -1.74. The van der Waals surface area contributed by atoms with Crippen LogP contribution in [0.3, 0.4) is 0 Å². The predicted octanol–water partition coefficient (Wildman–Crippen LogP) is 2.64. The van der Waals surface area contributed by atoms with Gasteiger partial charge in [0.25, 0.3) is 5.55 Å². The van der Waals surface area contributed by atoms with Crippen LogP contribution in [-0.2, 0) is 0 Å². The Morgan fingerprint density at radius 3 is 2.64 bits per heavy atom. The van der Waals surface area contributed by atoms with Crippen molar-refractivity contribution in [2.45, 2.75) is 0 Å². The summed E-state index contributed by atoms with van der Waals surface area (Å²) < 4.78 is 0. The average Bonchev–Trinajstić information content (AvgIpc) is 2.58. The molecule has 1 aromatic carbocycles. The largest absolute Gasteiger partial charge is 0.272 e. The minimum atomic E-state index is 1.17. The molecule has 0 spiro atoms. The minimum absolute atomic E-state index is 1.17. The number of aliphatic imine (C=N–C) groups is 1. The molecule has 0 atom stereocenters. The molecular weight excluding hydrogens is 154 g/mol. The maximum atomic E-state index is 3.89. The van der Waals surface area contributed by atoms with Crippen molar-refractivity contribution in [2.24, 2.45) is 4.99 Å². The summed E-state index contributed by atoms with van der Waals surface area (Å²) in [7, 11) is 0. The van der Waals surface area contributed by atoms with Crippen molar-refractivity contribution in [3.05, 3.63) is 42.1 Å². The zero-order valence-electron chi connectivity index (χ0n) is 5.82. The highest BCUT2D eigenvalue weighted by atomic mass is 32.2. The van der Waals surface area contributed by atoms with E-state index in [1.807, 2.05) is 24.4 Å². The fourth-order valence-electron chi connectivity index (χ4n) is 0.923. The van der Waals surface area contributed by atoms with E-state index in [9.17, 15) is 0 Å². The molecule has 1 aliphatic rings. The number of benzene rings is 1. The van der Waals surface area contributed by atoms with Gasteiger partial charge in [-0.15, -0.1) is 0 Å². The average molecular weight is 160 g/mol. The second kappa shape index (κ2) is 2.87. The molecule has 0 radical (unpaired) electrons. The first-order chi connectivity index (χ1) is 5.47. The highest BCUT2D eigenvalue weighted by Gasteiger charge is 2.14. The van der Waals surface area contributed by atoms with E-state index in [1.165, 1.54) is 22.2 Å². The molecule has 0 amide bonds. The van der Waals surface area contributed by atoms with E-state index in [-0.39, 0.29) is 0 Å². The van der Waals surface area contributed by atoms with E-state index in [2.05, 4.69) is 22.7 Å². The van der Waals surface area contributed by atoms with Crippen LogP contribution in [-0.4, -0.2) is 5.55 Å². The fraction of sp³-hybridized carbons (Fsp3) is 0. The first-order valence-corrected chi connectivity index (χ1v) is 4.16. The highest BCUT2D eigenvalue weighted by molar-refractivity contribution is 8.20. The first kappa shape index (κ1) is 6.59. The summed E-state index contributed by atoms with van der Waals surface area (Å²) in [6.45, 7) is 0. The zero-order chi connectivity index (χ0) is 7.52. The van der Waals surface area contributed by atoms with E-state index in [0.29, 0.717) is 0 Å². The SMILES string of the molecule is [C+]1=NC=C(c2ccccc2)S1. The van der Waals surface area contributed by atoms with E-state index < -0.39 is 0 Å². The van der Waals surface area contributed by atoms with Crippen molar-refractivity contribution < 1.29 is 0 Å². The van der Waals surface area contributed by atoms with Gasteiger partial charge in [0.2, 0.25) is 0 Å². The topological polar surface area (TPSA) is 12.4 Å². The number of nitrogens with zero attached hydrogens (tertiary/aromatic N) is 1. The molecule has 2 rings (SSSR count). The van der Waals surface area contributed by atoms with Gasteiger partial charge in [-0.05, 0) is 4.99 Å². The van der Waals surface area contributed by atoms with Crippen molar-refractivity contribution in [3.63, 3.8) is 0 Å². The Kier molecular flexibility index (Phi) is 1.72. The monoisotopic (exact) mass is 160 g/mol.